The molecule has 0 spiro atoms. The van der Waals surface area contributed by atoms with Crippen LogP contribution < -0.4 is 15.6 Å². The number of aryl methyl sites for hydroxylation is 1. The second-order valence-corrected chi connectivity index (χ2v) is 10.6. The molecule has 9 nitrogen and oxygen atoms in total. The molecule has 0 saturated carbocycles. The summed E-state index contributed by atoms with van der Waals surface area (Å²) < 4.78 is 34.0. The second-order valence-electron chi connectivity index (χ2n) is 8.83. The molecule has 0 unspecified atom stereocenters. The highest BCUT2D eigenvalue weighted by molar-refractivity contribution is 7.89. The van der Waals surface area contributed by atoms with Crippen molar-refractivity contribution in [2.45, 2.75) is 50.6 Å². The third-order valence-corrected chi connectivity index (χ3v) is 7.36. The summed E-state index contributed by atoms with van der Waals surface area (Å²) in [4.78, 5) is 38.6. The van der Waals surface area contributed by atoms with E-state index in [9.17, 15) is 22.8 Å². The number of esters is 1. The van der Waals surface area contributed by atoms with E-state index in [1.807, 2.05) is 37.3 Å². The van der Waals surface area contributed by atoms with E-state index in [0.717, 1.165) is 11.1 Å². The Balaban J connectivity index is 1.60. The third kappa shape index (κ3) is 8.12. The van der Waals surface area contributed by atoms with Crippen molar-refractivity contribution in [3.63, 3.8) is 0 Å². The molecule has 202 valence electrons. The lowest BCUT2D eigenvalue weighted by Crippen LogP contribution is -2.44. The SMILES string of the molecule is CCOC(=O)[C@H](CCCCNS(=O)(=O)c1ccc(C)cc1)NC(=O)c1cccn(Cc2ccccc2)c1=O. The molecule has 1 atom stereocenters. The molecule has 0 radical (unpaired) electrons. The first kappa shape index (κ1) is 28.8. The van der Waals surface area contributed by atoms with Gasteiger partial charge in [-0.3, -0.25) is 9.59 Å². The molecule has 10 heteroatoms. The molecule has 2 N–H and O–H groups in total. The van der Waals surface area contributed by atoms with Gasteiger partial charge in [-0.2, -0.15) is 0 Å². The number of aromatic nitrogens is 1. The molecule has 1 heterocycles. The first-order valence-electron chi connectivity index (χ1n) is 12.5. The number of unbranched alkanes of at least 4 members (excludes halogenated alkanes) is 1. The van der Waals surface area contributed by atoms with E-state index < -0.39 is 33.5 Å². The van der Waals surface area contributed by atoms with E-state index in [-0.39, 0.29) is 30.0 Å². The number of carbonyl (C=O) groups excluding carboxylic acids is 2. The van der Waals surface area contributed by atoms with Gasteiger partial charge in [0.1, 0.15) is 11.6 Å². The average molecular weight is 540 g/mol. The normalized spacial score (nSPS) is 12.1. The van der Waals surface area contributed by atoms with Crippen molar-refractivity contribution in [3.8, 4) is 0 Å². The summed E-state index contributed by atoms with van der Waals surface area (Å²) in [5.41, 5.74) is 1.32. The van der Waals surface area contributed by atoms with Crippen LogP contribution in [-0.4, -0.2) is 44.1 Å². The number of nitrogens with one attached hydrogen (secondary N) is 2. The summed E-state index contributed by atoms with van der Waals surface area (Å²) in [5.74, 6) is -1.28. The molecule has 0 fully saturated rings. The van der Waals surface area contributed by atoms with Crippen LogP contribution in [0.5, 0.6) is 0 Å². The second kappa shape index (κ2) is 13.7. The number of hydrogen-bond acceptors (Lipinski definition) is 6. The number of sulfonamides is 1. The first-order valence-corrected chi connectivity index (χ1v) is 14.0. The van der Waals surface area contributed by atoms with Crippen LogP contribution in [0.4, 0.5) is 0 Å². The zero-order valence-electron chi connectivity index (χ0n) is 21.6. The Morgan fingerprint density at radius 1 is 0.974 bits per heavy atom. The molecule has 1 amide bonds. The highest BCUT2D eigenvalue weighted by Crippen LogP contribution is 2.11. The van der Waals surface area contributed by atoms with Gasteiger partial charge in [-0.05, 0) is 62.9 Å². The summed E-state index contributed by atoms with van der Waals surface area (Å²) in [6.45, 7) is 4.15. The molecule has 1 aromatic heterocycles. The largest absolute Gasteiger partial charge is 0.464 e. The summed E-state index contributed by atoms with van der Waals surface area (Å²) in [6.07, 6.45) is 2.70. The summed E-state index contributed by atoms with van der Waals surface area (Å²) in [6, 6.07) is 18.0. The minimum Gasteiger partial charge on any atom is -0.464 e. The lowest BCUT2D eigenvalue weighted by Gasteiger charge is -2.17. The molecular weight excluding hydrogens is 506 g/mol. The van der Waals surface area contributed by atoms with Crippen LogP contribution in [0.15, 0.2) is 82.6 Å². The summed E-state index contributed by atoms with van der Waals surface area (Å²) in [5, 5.41) is 2.62. The lowest BCUT2D eigenvalue weighted by atomic mass is 10.1. The van der Waals surface area contributed by atoms with Gasteiger partial charge < -0.3 is 14.6 Å². The number of pyridine rings is 1. The Hall–Kier alpha value is -3.76. The number of nitrogens with zero attached hydrogens (tertiary/aromatic N) is 1. The van der Waals surface area contributed by atoms with Crippen molar-refractivity contribution in [2.24, 2.45) is 0 Å². The van der Waals surface area contributed by atoms with Gasteiger partial charge in [-0.25, -0.2) is 17.9 Å². The van der Waals surface area contributed by atoms with Crippen molar-refractivity contribution in [3.05, 3.63) is 100.0 Å². The Morgan fingerprint density at radius 3 is 2.37 bits per heavy atom. The number of benzene rings is 2. The molecule has 0 saturated heterocycles. The van der Waals surface area contributed by atoms with E-state index in [1.165, 1.54) is 10.6 Å². The number of carbonyl (C=O) groups is 2. The standard InChI is InChI=1S/C28H33N3O6S/c1-3-37-28(34)25(13-7-8-18-29-38(35,36)23-16-14-21(2)15-17-23)30-26(32)24-12-9-19-31(27(24)33)20-22-10-5-4-6-11-22/h4-6,9-12,14-17,19,25,29H,3,7-8,13,18,20H2,1-2H3,(H,30,32)/t25-/m0/s1. The highest BCUT2D eigenvalue weighted by Gasteiger charge is 2.24. The van der Waals surface area contributed by atoms with Crippen LogP contribution in [0.2, 0.25) is 0 Å². The van der Waals surface area contributed by atoms with Crippen LogP contribution in [-0.2, 0) is 26.1 Å². The van der Waals surface area contributed by atoms with Crippen molar-refractivity contribution in [1.82, 2.24) is 14.6 Å². The highest BCUT2D eigenvalue weighted by atomic mass is 32.2. The molecule has 0 aliphatic carbocycles. The molecule has 3 aromatic rings. The zero-order chi connectivity index (χ0) is 27.5. The van der Waals surface area contributed by atoms with E-state index in [0.29, 0.717) is 19.4 Å². The summed E-state index contributed by atoms with van der Waals surface area (Å²) >= 11 is 0. The van der Waals surface area contributed by atoms with Gasteiger partial charge in [0.2, 0.25) is 10.0 Å². The monoisotopic (exact) mass is 539 g/mol. The Kier molecular flexibility index (Phi) is 10.4. The molecule has 0 aliphatic rings. The van der Waals surface area contributed by atoms with Crippen LogP contribution in [0, 0.1) is 6.92 Å². The molecule has 0 bridgehead atoms. The van der Waals surface area contributed by atoms with E-state index in [2.05, 4.69) is 10.0 Å². The van der Waals surface area contributed by atoms with Gasteiger partial charge in [0.25, 0.3) is 11.5 Å². The van der Waals surface area contributed by atoms with Crippen LogP contribution in [0.1, 0.15) is 47.7 Å². The topological polar surface area (TPSA) is 124 Å². The van der Waals surface area contributed by atoms with Gasteiger partial charge >= 0.3 is 5.97 Å². The minimum absolute atomic E-state index is 0.0800. The fourth-order valence-corrected chi connectivity index (χ4v) is 4.90. The zero-order valence-corrected chi connectivity index (χ0v) is 22.4. The maximum Gasteiger partial charge on any atom is 0.328 e. The van der Waals surface area contributed by atoms with Crippen LogP contribution in [0.25, 0.3) is 0 Å². The Bertz CT molecular complexity index is 1390. The molecular formula is C28H33N3O6S. The number of amides is 1. The van der Waals surface area contributed by atoms with Crippen LogP contribution >= 0.6 is 0 Å². The average Bonchev–Trinajstić information content (AvgIpc) is 2.90. The smallest absolute Gasteiger partial charge is 0.328 e. The maximum absolute atomic E-state index is 13.0. The molecule has 2 aromatic carbocycles. The fourth-order valence-electron chi connectivity index (χ4n) is 3.82. The summed E-state index contributed by atoms with van der Waals surface area (Å²) in [7, 11) is -3.64. The predicted molar refractivity (Wildman–Crippen MR) is 144 cm³/mol. The van der Waals surface area contributed by atoms with Crippen molar-refractivity contribution >= 4 is 21.9 Å². The van der Waals surface area contributed by atoms with Crippen molar-refractivity contribution in [2.75, 3.05) is 13.2 Å². The molecule has 3 rings (SSSR count). The van der Waals surface area contributed by atoms with Gasteiger partial charge in [-0.15, -0.1) is 0 Å². The third-order valence-electron chi connectivity index (χ3n) is 5.88. The van der Waals surface area contributed by atoms with Gasteiger partial charge in [0, 0.05) is 12.7 Å². The quantitative estimate of drug-likeness (QED) is 0.254. The van der Waals surface area contributed by atoms with Gasteiger partial charge in [0.15, 0.2) is 0 Å². The fraction of sp³-hybridized carbons (Fsp3) is 0.321. The predicted octanol–water partition coefficient (Wildman–Crippen LogP) is 3.02. The number of hydrogen-bond donors (Lipinski definition) is 2. The number of rotatable bonds is 13. The number of ether oxygens (including phenoxy) is 1. The van der Waals surface area contributed by atoms with E-state index in [4.69, 9.17) is 4.74 Å². The minimum atomic E-state index is -3.64. The molecule has 0 aliphatic heterocycles. The van der Waals surface area contributed by atoms with Crippen LogP contribution in [0.3, 0.4) is 0 Å². The van der Waals surface area contributed by atoms with Crippen molar-refractivity contribution in [1.29, 1.82) is 0 Å². The van der Waals surface area contributed by atoms with Gasteiger partial charge in [0.05, 0.1) is 18.0 Å². The van der Waals surface area contributed by atoms with Crippen molar-refractivity contribution < 1.29 is 22.7 Å². The molecule has 38 heavy (non-hydrogen) atoms. The lowest BCUT2D eigenvalue weighted by molar-refractivity contribution is -0.145. The first-order chi connectivity index (χ1) is 18.2. The van der Waals surface area contributed by atoms with E-state index in [1.54, 1.807) is 43.5 Å². The maximum atomic E-state index is 13.0. The van der Waals surface area contributed by atoms with Gasteiger partial charge in [-0.1, -0.05) is 48.0 Å². The Morgan fingerprint density at radius 2 is 1.68 bits per heavy atom. The Labute approximate surface area is 222 Å². The van der Waals surface area contributed by atoms with E-state index >= 15 is 0 Å².